The Morgan fingerprint density at radius 3 is 2.80 bits per heavy atom. The first-order valence-electron chi connectivity index (χ1n) is 4.67. The quantitative estimate of drug-likeness (QED) is 0.738. The normalized spacial score (nSPS) is 16.2. The summed E-state index contributed by atoms with van der Waals surface area (Å²) < 4.78 is 23.9. The number of phenolic OH excluding ortho intramolecular Hbond substituents is 1. The molecule has 5 heteroatoms. The molecule has 82 valence electrons. The molecule has 0 saturated carbocycles. The van der Waals surface area contributed by atoms with Gasteiger partial charge >= 0.3 is 0 Å². The summed E-state index contributed by atoms with van der Waals surface area (Å²) >= 11 is 0. The molecule has 0 aliphatic carbocycles. The molecule has 4 nitrogen and oxygen atoms in total. The molecule has 0 aromatic heterocycles. The predicted molar refractivity (Wildman–Crippen MR) is 51.7 cm³/mol. The SMILES string of the molecule is CC(N)c1cc2c(c(F)c1O)OCCO2. The second-order valence-electron chi connectivity index (χ2n) is 3.44. The van der Waals surface area contributed by atoms with Gasteiger partial charge in [0.2, 0.25) is 11.6 Å². The van der Waals surface area contributed by atoms with Crippen LogP contribution in [0.4, 0.5) is 4.39 Å². The third kappa shape index (κ3) is 1.59. The Balaban J connectivity index is 2.57. The second-order valence-corrected chi connectivity index (χ2v) is 3.44. The lowest BCUT2D eigenvalue weighted by Crippen LogP contribution is -2.17. The molecular formula is C10H12FNO3. The Hall–Kier alpha value is -1.49. The molecule has 1 aliphatic rings. The fourth-order valence-corrected chi connectivity index (χ4v) is 1.50. The van der Waals surface area contributed by atoms with Crippen LogP contribution in [-0.2, 0) is 0 Å². The van der Waals surface area contributed by atoms with Gasteiger partial charge in [0.15, 0.2) is 11.5 Å². The van der Waals surface area contributed by atoms with Crippen molar-refractivity contribution in [2.24, 2.45) is 5.73 Å². The van der Waals surface area contributed by atoms with E-state index in [4.69, 9.17) is 15.2 Å². The lowest BCUT2D eigenvalue weighted by atomic mass is 10.1. The summed E-state index contributed by atoms with van der Waals surface area (Å²) in [6, 6.07) is 1.05. The minimum atomic E-state index is -0.806. The topological polar surface area (TPSA) is 64.7 Å². The second kappa shape index (κ2) is 3.58. The van der Waals surface area contributed by atoms with Crippen LogP contribution in [0.25, 0.3) is 0 Å². The Labute approximate surface area is 86.4 Å². The maximum absolute atomic E-state index is 13.6. The molecule has 3 N–H and O–H groups in total. The molecule has 1 aromatic carbocycles. The van der Waals surface area contributed by atoms with Crippen LogP contribution in [0.3, 0.4) is 0 Å². The van der Waals surface area contributed by atoms with Gasteiger partial charge in [-0.15, -0.1) is 0 Å². The van der Waals surface area contributed by atoms with Crippen molar-refractivity contribution in [3.8, 4) is 17.2 Å². The van der Waals surface area contributed by atoms with Gasteiger partial charge in [0.1, 0.15) is 13.2 Å². The first kappa shape index (κ1) is 10.0. The average molecular weight is 213 g/mol. The average Bonchev–Trinajstić information content (AvgIpc) is 2.23. The van der Waals surface area contributed by atoms with E-state index in [1.807, 2.05) is 0 Å². The van der Waals surface area contributed by atoms with E-state index in [1.165, 1.54) is 6.07 Å². The fraction of sp³-hybridized carbons (Fsp3) is 0.400. The van der Waals surface area contributed by atoms with Crippen LogP contribution < -0.4 is 15.2 Å². The van der Waals surface area contributed by atoms with E-state index >= 15 is 0 Å². The van der Waals surface area contributed by atoms with Gasteiger partial charge in [0.25, 0.3) is 0 Å². The van der Waals surface area contributed by atoms with E-state index in [1.54, 1.807) is 6.92 Å². The van der Waals surface area contributed by atoms with Crippen LogP contribution in [0, 0.1) is 5.82 Å². The van der Waals surface area contributed by atoms with E-state index in [0.717, 1.165) is 0 Å². The number of rotatable bonds is 1. The largest absolute Gasteiger partial charge is 0.504 e. The summed E-state index contributed by atoms with van der Waals surface area (Å²) in [5.74, 6) is -1.01. The molecular weight excluding hydrogens is 201 g/mol. The highest BCUT2D eigenvalue weighted by molar-refractivity contribution is 5.53. The highest BCUT2D eigenvalue weighted by Crippen LogP contribution is 2.41. The van der Waals surface area contributed by atoms with Gasteiger partial charge in [-0.25, -0.2) is 0 Å². The number of phenols is 1. The van der Waals surface area contributed by atoms with Crippen molar-refractivity contribution in [1.29, 1.82) is 0 Å². The van der Waals surface area contributed by atoms with Gasteiger partial charge in [-0.1, -0.05) is 0 Å². The van der Waals surface area contributed by atoms with E-state index < -0.39 is 17.6 Å². The standard InChI is InChI=1S/C10H12FNO3/c1-5(12)6-4-7-10(8(11)9(6)13)15-3-2-14-7/h4-5,13H,2-3,12H2,1H3. The minimum Gasteiger partial charge on any atom is -0.504 e. The first-order valence-corrected chi connectivity index (χ1v) is 4.67. The smallest absolute Gasteiger partial charge is 0.210 e. The molecule has 0 saturated heterocycles. The molecule has 0 spiro atoms. The van der Waals surface area contributed by atoms with E-state index in [2.05, 4.69) is 0 Å². The molecule has 1 heterocycles. The third-order valence-electron chi connectivity index (χ3n) is 2.27. The van der Waals surface area contributed by atoms with Crippen LogP contribution in [-0.4, -0.2) is 18.3 Å². The zero-order valence-corrected chi connectivity index (χ0v) is 8.29. The maximum Gasteiger partial charge on any atom is 0.210 e. The minimum absolute atomic E-state index is 0.0387. The number of hydrogen-bond acceptors (Lipinski definition) is 4. The Bertz CT molecular complexity index is 393. The number of hydrogen-bond donors (Lipinski definition) is 2. The zero-order valence-electron chi connectivity index (χ0n) is 8.29. The zero-order chi connectivity index (χ0) is 11.0. The highest BCUT2D eigenvalue weighted by Gasteiger charge is 2.24. The van der Waals surface area contributed by atoms with Crippen LogP contribution in [0.15, 0.2) is 6.07 Å². The highest BCUT2D eigenvalue weighted by atomic mass is 19.1. The Kier molecular flexibility index (Phi) is 2.40. The number of benzene rings is 1. The molecule has 15 heavy (non-hydrogen) atoms. The van der Waals surface area contributed by atoms with Gasteiger partial charge in [-0.2, -0.15) is 4.39 Å². The number of halogens is 1. The van der Waals surface area contributed by atoms with Crippen LogP contribution in [0.5, 0.6) is 17.2 Å². The molecule has 0 bridgehead atoms. The maximum atomic E-state index is 13.6. The molecule has 1 aromatic rings. The summed E-state index contributed by atoms with van der Waals surface area (Å²) in [6.45, 7) is 2.31. The molecule has 1 unspecified atom stereocenters. The molecule has 1 atom stereocenters. The molecule has 0 radical (unpaired) electrons. The van der Waals surface area contributed by atoms with Gasteiger partial charge in [-0.05, 0) is 13.0 Å². The lowest BCUT2D eigenvalue weighted by Gasteiger charge is -2.21. The van der Waals surface area contributed by atoms with Crippen LogP contribution in [0.1, 0.15) is 18.5 Å². The lowest BCUT2D eigenvalue weighted by molar-refractivity contribution is 0.162. The molecule has 0 fully saturated rings. The number of aromatic hydroxyl groups is 1. The summed E-state index contributed by atoms with van der Waals surface area (Å²) in [5, 5.41) is 9.53. The van der Waals surface area contributed by atoms with E-state index in [0.29, 0.717) is 17.9 Å². The number of fused-ring (bicyclic) bond motifs is 1. The first-order chi connectivity index (χ1) is 7.11. The van der Waals surface area contributed by atoms with Crippen molar-refractivity contribution >= 4 is 0 Å². The molecule has 2 rings (SSSR count). The van der Waals surface area contributed by atoms with Crippen molar-refractivity contribution in [3.63, 3.8) is 0 Å². The summed E-state index contributed by atoms with van der Waals surface area (Å²) in [5.41, 5.74) is 5.91. The van der Waals surface area contributed by atoms with Gasteiger partial charge in [0.05, 0.1) is 0 Å². The Morgan fingerprint density at radius 2 is 2.13 bits per heavy atom. The summed E-state index contributed by atoms with van der Waals surface area (Å²) in [6.07, 6.45) is 0. The summed E-state index contributed by atoms with van der Waals surface area (Å²) in [4.78, 5) is 0. The number of ether oxygens (including phenoxy) is 2. The van der Waals surface area contributed by atoms with Crippen molar-refractivity contribution in [3.05, 3.63) is 17.4 Å². The van der Waals surface area contributed by atoms with Crippen molar-refractivity contribution in [1.82, 2.24) is 0 Å². The fourth-order valence-electron chi connectivity index (χ4n) is 1.50. The van der Waals surface area contributed by atoms with E-state index in [9.17, 15) is 9.50 Å². The summed E-state index contributed by atoms with van der Waals surface area (Å²) in [7, 11) is 0. The van der Waals surface area contributed by atoms with Crippen molar-refractivity contribution in [2.75, 3.05) is 13.2 Å². The van der Waals surface area contributed by atoms with Gasteiger partial charge in [-0.3, -0.25) is 0 Å². The third-order valence-corrected chi connectivity index (χ3v) is 2.27. The van der Waals surface area contributed by atoms with Crippen LogP contribution in [0.2, 0.25) is 0 Å². The monoisotopic (exact) mass is 213 g/mol. The Morgan fingerprint density at radius 1 is 1.47 bits per heavy atom. The predicted octanol–water partition coefficient (Wildman–Crippen LogP) is 1.32. The van der Waals surface area contributed by atoms with Gasteiger partial charge in [0, 0.05) is 11.6 Å². The van der Waals surface area contributed by atoms with E-state index in [-0.39, 0.29) is 12.4 Å². The van der Waals surface area contributed by atoms with Crippen LogP contribution >= 0.6 is 0 Å². The van der Waals surface area contributed by atoms with Crippen molar-refractivity contribution < 1.29 is 19.0 Å². The molecule has 0 amide bonds. The number of nitrogens with two attached hydrogens (primary N) is 1. The van der Waals surface area contributed by atoms with Crippen molar-refractivity contribution in [2.45, 2.75) is 13.0 Å². The molecule has 1 aliphatic heterocycles. The van der Waals surface area contributed by atoms with Gasteiger partial charge < -0.3 is 20.3 Å².